The van der Waals surface area contributed by atoms with E-state index in [0.717, 1.165) is 75.9 Å². The van der Waals surface area contributed by atoms with Gasteiger partial charge in [-0.25, -0.2) is 15.0 Å². The molecule has 0 aliphatic rings. The van der Waals surface area contributed by atoms with E-state index in [1.54, 1.807) is 6.20 Å². The summed E-state index contributed by atoms with van der Waals surface area (Å²) in [5, 5.41) is 13.2. The number of nitrogens with zero attached hydrogens (tertiary/aromatic N) is 7. The van der Waals surface area contributed by atoms with Crippen LogP contribution in [0.15, 0.2) is 249 Å². The Morgan fingerprint density at radius 3 is 1.64 bits per heavy atom. The number of H-pyrrole nitrogens is 1. The van der Waals surface area contributed by atoms with Crippen molar-refractivity contribution in [2.24, 2.45) is 0 Å². The van der Waals surface area contributed by atoms with Crippen LogP contribution in [0, 0.1) is 3.57 Å². The number of pyridine rings is 3. The standard InChI is InChI=1S/C36H20N4S.C31H19N3S.C5H3ClIN/c1-2-9-21(10-3-1)39-28-16-17-32-34(22-11-4-7-15-31(22)41-32)33(28)25-19-23-24(20-30(25)39)36-38-26-12-5-6-13-27(26)40(36)29-14-8-18-37-35(23)29;1-2-8-20(9-3-1)34-25-16-17-28-30(22-10-4-7-13-27(22)35-28)29(25)21-15-14-19(18-26(21)34)31-32-23-11-5-6-12-24(23)33-31;6-5-4(7)2-1-3-8-5/h1-20H;1-18H,(H,32,33);1-3H. The third-order valence-corrected chi connectivity index (χ3v) is 19.9. The molecular formula is C72H42ClIN8S2. The van der Waals surface area contributed by atoms with E-state index in [1.807, 2.05) is 65.3 Å². The molecule has 9 heterocycles. The highest BCUT2D eigenvalue weighted by molar-refractivity contribution is 14.1. The number of aromatic nitrogens is 8. The molecule has 19 rings (SSSR count). The largest absolute Gasteiger partial charge is 0.338 e. The van der Waals surface area contributed by atoms with E-state index in [9.17, 15) is 0 Å². The van der Waals surface area contributed by atoms with Gasteiger partial charge in [0.2, 0.25) is 0 Å². The maximum Gasteiger partial charge on any atom is 0.146 e. The molecule has 0 unspecified atom stereocenters. The number of thiophene rings is 2. The Bertz CT molecular complexity index is 5800. The van der Waals surface area contributed by atoms with Gasteiger partial charge in [0.25, 0.3) is 0 Å². The Morgan fingerprint density at radius 2 is 0.976 bits per heavy atom. The molecule has 0 saturated carbocycles. The SMILES string of the molecule is Clc1ncccc1I.c1ccc(-n2c3cc(-c4nc5ccccc5[nH]4)ccc3c3c4c(ccc32)sc2ccccc24)cc1.c1ccc(-n2c3cc4c(cc3c3c5c(ccc32)sc2ccccc25)c2ncccc2n2c3ccccc3nc42)cc1. The molecule has 9 aromatic heterocycles. The fourth-order valence-electron chi connectivity index (χ4n) is 12.6. The van der Waals surface area contributed by atoms with Crippen molar-refractivity contribution in [3.05, 3.63) is 258 Å². The normalized spacial score (nSPS) is 11.9. The van der Waals surface area contributed by atoms with Gasteiger partial charge in [0.05, 0.1) is 58.7 Å². The molecule has 1 N–H and O–H groups in total. The first-order valence-electron chi connectivity index (χ1n) is 27.6. The van der Waals surface area contributed by atoms with Crippen molar-refractivity contribution >= 4 is 190 Å². The van der Waals surface area contributed by atoms with Gasteiger partial charge in [-0.2, -0.15) is 0 Å². The van der Waals surface area contributed by atoms with Gasteiger partial charge in [-0.1, -0.05) is 121 Å². The lowest BCUT2D eigenvalue weighted by Crippen LogP contribution is -1.95. The molecule has 0 fully saturated rings. The van der Waals surface area contributed by atoms with Crippen molar-refractivity contribution in [2.75, 3.05) is 0 Å². The lowest BCUT2D eigenvalue weighted by molar-refractivity contribution is 1.18. The second kappa shape index (κ2) is 19.6. The van der Waals surface area contributed by atoms with Crippen LogP contribution in [0.1, 0.15) is 0 Å². The van der Waals surface area contributed by atoms with E-state index in [0.29, 0.717) is 5.15 Å². The summed E-state index contributed by atoms with van der Waals surface area (Å²) in [6.07, 6.45) is 3.57. The number of aromatic amines is 1. The van der Waals surface area contributed by atoms with E-state index in [2.05, 4.69) is 246 Å². The predicted molar refractivity (Wildman–Crippen MR) is 363 cm³/mol. The van der Waals surface area contributed by atoms with Gasteiger partial charge in [-0.3, -0.25) is 9.38 Å². The topological polar surface area (TPSA) is 81.6 Å². The van der Waals surface area contributed by atoms with Crippen LogP contribution in [0.2, 0.25) is 5.15 Å². The van der Waals surface area contributed by atoms with E-state index in [-0.39, 0.29) is 0 Å². The molecule has 0 bridgehead atoms. The number of halogens is 2. The highest BCUT2D eigenvalue weighted by atomic mass is 127. The minimum atomic E-state index is 0.577. The van der Waals surface area contributed by atoms with Crippen molar-refractivity contribution < 1.29 is 0 Å². The third-order valence-electron chi connectivity index (χ3n) is 16.2. The van der Waals surface area contributed by atoms with Crippen LogP contribution >= 0.6 is 56.9 Å². The van der Waals surface area contributed by atoms with Crippen LogP contribution in [0.4, 0.5) is 0 Å². The van der Waals surface area contributed by atoms with Gasteiger partial charge in [-0.05, 0) is 150 Å². The van der Waals surface area contributed by atoms with Crippen LogP contribution in [-0.4, -0.2) is 38.5 Å². The van der Waals surface area contributed by atoms with Crippen LogP contribution in [0.5, 0.6) is 0 Å². The summed E-state index contributed by atoms with van der Waals surface area (Å²) < 4.78 is 13.3. The summed E-state index contributed by atoms with van der Waals surface area (Å²) in [4.78, 5) is 22.3. The van der Waals surface area contributed by atoms with Crippen molar-refractivity contribution in [3.63, 3.8) is 0 Å². The molecule has 0 saturated heterocycles. The van der Waals surface area contributed by atoms with Crippen molar-refractivity contribution in [1.82, 2.24) is 38.5 Å². The van der Waals surface area contributed by atoms with Crippen LogP contribution in [-0.2, 0) is 0 Å². The summed E-state index contributed by atoms with van der Waals surface area (Å²) in [6.45, 7) is 0. The molecule has 84 heavy (non-hydrogen) atoms. The highest BCUT2D eigenvalue weighted by Gasteiger charge is 2.23. The summed E-state index contributed by atoms with van der Waals surface area (Å²) in [5.74, 6) is 0.893. The lowest BCUT2D eigenvalue weighted by Gasteiger charge is -2.10. The molecular weight excluding hydrogens is 1200 g/mol. The lowest BCUT2D eigenvalue weighted by atomic mass is 10.0. The van der Waals surface area contributed by atoms with Crippen LogP contribution < -0.4 is 0 Å². The first-order valence-corrected chi connectivity index (χ1v) is 30.7. The number of para-hydroxylation sites is 6. The number of benzene rings is 10. The summed E-state index contributed by atoms with van der Waals surface area (Å²) >= 11 is 11.5. The average Bonchev–Trinajstić information content (AvgIpc) is 2.23. The number of nitrogens with one attached hydrogen (secondary N) is 1. The second-order valence-corrected chi connectivity index (χ2v) is 24.5. The first-order chi connectivity index (χ1) is 41.5. The zero-order valence-electron chi connectivity index (χ0n) is 44.4. The molecule has 12 heteroatoms. The fraction of sp³-hybridized carbons (Fsp3) is 0. The molecule has 0 spiro atoms. The first kappa shape index (κ1) is 49.1. The maximum atomic E-state index is 5.59. The van der Waals surface area contributed by atoms with Gasteiger partial charge in [-0.15, -0.1) is 22.7 Å². The highest BCUT2D eigenvalue weighted by Crippen LogP contribution is 2.47. The predicted octanol–water partition coefficient (Wildman–Crippen LogP) is 20.7. The van der Waals surface area contributed by atoms with E-state index in [1.165, 1.54) is 84.0 Å². The Morgan fingerprint density at radius 1 is 0.393 bits per heavy atom. The van der Waals surface area contributed by atoms with Crippen LogP contribution in [0.3, 0.4) is 0 Å². The molecule has 0 aliphatic heterocycles. The summed E-state index contributed by atoms with van der Waals surface area (Å²) in [5.41, 5.74) is 15.3. The fourth-order valence-corrected chi connectivity index (χ4v) is 15.3. The number of imidazole rings is 2. The number of hydrogen-bond acceptors (Lipinski definition) is 6. The van der Waals surface area contributed by atoms with E-state index >= 15 is 0 Å². The van der Waals surface area contributed by atoms with Gasteiger partial charge >= 0.3 is 0 Å². The zero-order chi connectivity index (χ0) is 55.6. The molecule has 8 nitrogen and oxygen atoms in total. The maximum absolute atomic E-state index is 5.59. The number of hydrogen-bond donors (Lipinski definition) is 1. The molecule has 0 radical (unpaired) electrons. The summed E-state index contributed by atoms with van der Waals surface area (Å²) in [7, 11) is 0. The van der Waals surface area contributed by atoms with Gasteiger partial charge in [0, 0.05) is 102 Å². The van der Waals surface area contributed by atoms with Gasteiger partial charge in [0.1, 0.15) is 16.6 Å². The number of fused-ring (bicyclic) bond motifs is 23. The average molecular weight is 1250 g/mol. The minimum absolute atomic E-state index is 0.577. The van der Waals surface area contributed by atoms with Gasteiger partial charge < -0.3 is 14.1 Å². The Hall–Kier alpha value is -9.50. The molecule has 0 aliphatic carbocycles. The third kappa shape index (κ3) is 7.69. The van der Waals surface area contributed by atoms with Crippen molar-refractivity contribution in [2.45, 2.75) is 0 Å². The van der Waals surface area contributed by atoms with E-state index in [4.69, 9.17) is 26.6 Å². The number of rotatable bonds is 3. The second-order valence-electron chi connectivity index (χ2n) is 20.9. The molecule has 396 valence electrons. The molecule has 0 atom stereocenters. The molecule has 10 aromatic carbocycles. The monoisotopic (exact) mass is 1240 g/mol. The van der Waals surface area contributed by atoms with E-state index < -0.39 is 0 Å². The van der Waals surface area contributed by atoms with Crippen LogP contribution in [0.25, 0.3) is 156 Å². The Kier molecular flexibility index (Phi) is 11.4. The quantitative estimate of drug-likeness (QED) is 0.109. The van der Waals surface area contributed by atoms with Crippen molar-refractivity contribution in [1.29, 1.82) is 0 Å². The summed E-state index contributed by atoms with van der Waals surface area (Å²) in [6, 6.07) is 84.0. The zero-order valence-corrected chi connectivity index (χ0v) is 48.9. The Balaban J connectivity index is 0.000000118. The van der Waals surface area contributed by atoms with Gasteiger partial charge in [0.15, 0.2) is 0 Å². The molecule has 19 aromatic rings. The van der Waals surface area contributed by atoms with Crippen molar-refractivity contribution in [3.8, 4) is 22.8 Å². The smallest absolute Gasteiger partial charge is 0.146 e. The molecule has 0 amide bonds. The minimum Gasteiger partial charge on any atom is -0.338 e. The Labute approximate surface area is 505 Å².